The van der Waals surface area contributed by atoms with Crippen LogP contribution in [0.25, 0.3) is 28.2 Å². The fourth-order valence-electron chi connectivity index (χ4n) is 2.96. The first-order valence-electron chi connectivity index (χ1n) is 7.47. The molecule has 0 N–H and O–H groups in total. The van der Waals surface area contributed by atoms with Crippen molar-refractivity contribution in [3.63, 3.8) is 0 Å². The van der Waals surface area contributed by atoms with Crippen molar-refractivity contribution in [3.05, 3.63) is 59.7 Å². The molecule has 0 amide bonds. The van der Waals surface area contributed by atoms with Gasteiger partial charge in [-0.1, -0.05) is 18.2 Å². The Kier molecular flexibility index (Phi) is 3.01. The summed E-state index contributed by atoms with van der Waals surface area (Å²) in [7, 11) is 0. The van der Waals surface area contributed by atoms with Crippen LogP contribution in [0.1, 0.15) is 17.0 Å². The first-order chi connectivity index (χ1) is 11.1. The van der Waals surface area contributed by atoms with Crippen molar-refractivity contribution >= 4 is 11.1 Å². The Morgan fingerprint density at radius 1 is 1.00 bits per heavy atom. The van der Waals surface area contributed by atoms with E-state index >= 15 is 0 Å². The highest BCUT2D eigenvalue weighted by Crippen LogP contribution is 2.27. The smallest absolute Gasteiger partial charge is 0.192 e. The number of benzene rings is 2. The van der Waals surface area contributed by atoms with Crippen LogP contribution in [-0.2, 0) is 0 Å². The molecule has 0 atom stereocenters. The van der Waals surface area contributed by atoms with Crippen LogP contribution in [-0.4, -0.2) is 19.7 Å². The van der Waals surface area contributed by atoms with Crippen molar-refractivity contribution in [2.24, 2.45) is 0 Å². The predicted molar refractivity (Wildman–Crippen MR) is 88.6 cm³/mol. The van der Waals surface area contributed by atoms with Crippen LogP contribution < -0.4 is 0 Å². The van der Waals surface area contributed by atoms with Crippen LogP contribution in [0.15, 0.2) is 47.1 Å². The summed E-state index contributed by atoms with van der Waals surface area (Å²) in [5.74, 6) is 1.45. The lowest BCUT2D eigenvalue weighted by molar-refractivity contribution is 0.561. The van der Waals surface area contributed by atoms with Gasteiger partial charge in [0.1, 0.15) is 11.8 Å². The molecule has 0 unspecified atom stereocenters. The molecule has 114 valence electrons. The lowest BCUT2D eigenvalue weighted by atomic mass is 10.1. The quantitative estimate of drug-likeness (QED) is 0.561. The van der Waals surface area contributed by atoms with Gasteiger partial charge in [-0.3, -0.25) is 4.57 Å². The van der Waals surface area contributed by atoms with Gasteiger partial charge in [0.05, 0.1) is 5.69 Å². The van der Waals surface area contributed by atoms with Crippen molar-refractivity contribution in [2.45, 2.75) is 20.8 Å². The SMILES string of the molecule is Cc1nc2ccc(-c3nncn3-c3c(C)cccc3C)cc2o1. The highest BCUT2D eigenvalue weighted by atomic mass is 16.3. The summed E-state index contributed by atoms with van der Waals surface area (Å²) < 4.78 is 7.65. The van der Waals surface area contributed by atoms with E-state index in [1.165, 1.54) is 11.1 Å². The van der Waals surface area contributed by atoms with E-state index in [0.29, 0.717) is 5.89 Å². The summed E-state index contributed by atoms with van der Waals surface area (Å²) in [5.41, 5.74) is 6.04. The molecule has 5 nitrogen and oxygen atoms in total. The second-order valence-corrected chi connectivity index (χ2v) is 5.68. The molecule has 0 radical (unpaired) electrons. The average Bonchev–Trinajstić information content (AvgIpc) is 3.11. The van der Waals surface area contributed by atoms with Crippen LogP contribution in [0.2, 0.25) is 0 Å². The van der Waals surface area contributed by atoms with E-state index < -0.39 is 0 Å². The highest BCUT2D eigenvalue weighted by Gasteiger charge is 2.14. The van der Waals surface area contributed by atoms with E-state index in [1.54, 1.807) is 6.33 Å². The third kappa shape index (κ3) is 2.21. The molecular weight excluding hydrogens is 288 g/mol. The summed E-state index contributed by atoms with van der Waals surface area (Å²) >= 11 is 0. The van der Waals surface area contributed by atoms with E-state index in [-0.39, 0.29) is 0 Å². The standard InChI is InChI=1S/C18H16N4O/c1-11-5-4-6-12(2)17(11)22-10-19-21-18(22)14-7-8-15-16(9-14)23-13(3)20-15/h4-10H,1-3H3. The third-order valence-electron chi connectivity index (χ3n) is 3.98. The number of hydrogen-bond donors (Lipinski definition) is 0. The van der Waals surface area contributed by atoms with Gasteiger partial charge in [0.25, 0.3) is 0 Å². The summed E-state index contributed by atoms with van der Waals surface area (Å²) in [5, 5.41) is 8.42. The molecule has 4 aromatic rings. The molecule has 4 rings (SSSR count). The maximum atomic E-state index is 5.63. The van der Waals surface area contributed by atoms with E-state index in [1.807, 2.05) is 29.7 Å². The Morgan fingerprint density at radius 2 is 1.78 bits per heavy atom. The Morgan fingerprint density at radius 3 is 2.57 bits per heavy atom. The van der Waals surface area contributed by atoms with Gasteiger partial charge in [0.15, 0.2) is 17.3 Å². The number of aryl methyl sites for hydroxylation is 3. The van der Waals surface area contributed by atoms with Crippen LogP contribution in [0.5, 0.6) is 0 Å². The Hall–Kier alpha value is -2.95. The molecular formula is C18H16N4O. The predicted octanol–water partition coefficient (Wildman–Crippen LogP) is 4.00. The largest absolute Gasteiger partial charge is 0.441 e. The summed E-state index contributed by atoms with van der Waals surface area (Å²) in [6.45, 7) is 6.03. The van der Waals surface area contributed by atoms with Gasteiger partial charge in [-0.2, -0.15) is 0 Å². The first kappa shape index (κ1) is 13.7. The maximum Gasteiger partial charge on any atom is 0.192 e. The van der Waals surface area contributed by atoms with Crippen LogP contribution in [0.3, 0.4) is 0 Å². The topological polar surface area (TPSA) is 56.7 Å². The number of fused-ring (bicyclic) bond motifs is 1. The van der Waals surface area contributed by atoms with Crippen molar-refractivity contribution in [1.29, 1.82) is 0 Å². The third-order valence-corrected chi connectivity index (χ3v) is 3.98. The molecule has 23 heavy (non-hydrogen) atoms. The van der Waals surface area contributed by atoms with Gasteiger partial charge in [0.2, 0.25) is 0 Å². The summed E-state index contributed by atoms with van der Waals surface area (Å²) in [4.78, 5) is 4.33. The molecule has 0 aliphatic carbocycles. The highest BCUT2D eigenvalue weighted by molar-refractivity contribution is 5.79. The monoisotopic (exact) mass is 304 g/mol. The lowest BCUT2D eigenvalue weighted by Gasteiger charge is -2.12. The molecule has 2 heterocycles. The Labute approximate surface area is 133 Å². The normalized spacial score (nSPS) is 11.3. The van der Waals surface area contributed by atoms with Gasteiger partial charge >= 0.3 is 0 Å². The molecule has 0 spiro atoms. The number of nitrogens with zero attached hydrogens (tertiary/aromatic N) is 4. The lowest BCUT2D eigenvalue weighted by Crippen LogP contribution is -2.01. The number of hydrogen-bond acceptors (Lipinski definition) is 4. The van der Waals surface area contributed by atoms with Crippen molar-refractivity contribution in [2.75, 3.05) is 0 Å². The molecule has 0 saturated carbocycles. The summed E-state index contributed by atoms with van der Waals surface area (Å²) in [6, 6.07) is 12.2. The average molecular weight is 304 g/mol. The Balaban J connectivity index is 1.91. The molecule has 0 bridgehead atoms. The maximum absolute atomic E-state index is 5.63. The van der Waals surface area contributed by atoms with Crippen LogP contribution in [0, 0.1) is 20.8 Å². The second-order valence-electron chi connectivity index (χ2n) is 5.68. The van der Waals surface area contributed by atoms with Gasteiger partial charge in [-0.05, 0) is 43.2 Å². The van der Waals surface area contributed by atoms with Gasteiger partial charge < -0.3 is 4.42 Å². The fourth-order valence-corrected chi connectivity index (χ4v) is 2.96. The minimum absolute atomic E-state index is 0.661. The van der Waals surface area contributed by atoms with E-state index in [0.717, 1.165) is 28.2 Å². The molecule has 0 aliphatic heterocycles. The zero-order valence-electron chi connectivity index (χ0n) is 13.2. The molecule has 0 saturated heterocycles. The molecule has 5 heteroatoms. The van der Waals surface area contributed by atoms with E-state index in [4.69, 9.17) is 4.42 Å². The minimum Gasteiger partial charge on any atom is -0.441 e. The van der Waals surface area contributed by atoms with Crippen molar-refractivity contribution in [3.8, 4) is 17.1 Å². The molecule has 0 fully saturated rings. The van der Waals surface area contributed by atoms with Crippen molar-refractivity contribution in [1.82, 2.24) is 19.7 Å². The second kappa shape index (κ2) is 5.05. The van der Waals surface area contributed by atoms with Crippen LogP contribution >= 0.6 is 0 Å². The number of para-hydroxylation sites is 1. The number of aromatic nitrogens is 4. The zero-order chi connectivity index (χ0) is 16.0. The van der Waals surface area contributed by atoms with E-state index in [2.05, 4.69) is 47.2 Å². The Bertz CT molecular complexity index is 993. The van der Waals surface area contributed by atoms with Crippen LogP contribution in [0.4, 0.5) is 0 Å². The summed E-state index contributed by atoms with van der Waals surface area (Å²) in [6.07, 6.45) is 1.75. The first-order valence-corrected chi connectivity index (χ1v) is 7.47. The van der Waals surface area contributed by atoms with E-state index in [9.17, 15) is 0 Å². The minimum atomic E-state index is 0.661. The number of rotatable bonds is 2. The fraction of sp³-hybridized carbons (Fsp3) is 0.167. The van der Waals surface area contributed by atoms with Gasteiger partial charge in [-0.25, -0.2) is 4.98 Å². The number of oxazole rings is 1. The molecule has 2 aromatic carbocycles. The molecule has 2 aromatic heterocycles. The van der Waals surface area contributed by atoms with Gasteiger partial charge in [-0.15, -0.1) is 10.2 Å². The zero-order valence-corrected chi connectivity index (χ0v) is 13.2. The van der Waals surface area contributed by atoms with Gasteiger partial charge in [0, 0.05) is 12.5 Å². The molecule has 0 aliphatic rings. The van der Waals surface area contributed by atoms with Crippen molar-refractivity contribution < 1.29 is 4.42 Å².